The Kier molecular flexibility index (Phi) is 4.00. The monoisotopic (exact) mass is 352 g/mol. The summed E-state index contributed by atoms with van der Waals surface area (Å²) >= 11 is 0. The van der Waals surface area contributed by atoms with Crippen LogP contribution >= 0.6 is 0 Å². The zero-order valence-electron chi connectivity index (χ0n) is 12.3. The summed E-state index contributed by atoms with van der Waals surface area (Å²) in [5.41, 5.74) is -0.713. The highest BCUT2D eigenvalue weighted by molar-refractivity contribution is 7.84. The van der Waals surface area contributed by atoms with Crippen molar-refractivity contribution in [2.24, 2.45) is 0 Å². The highest BCUT2D eigenvalue weighted by Gasteiger charge is 2.33. The van der Waals surface area contributed by atoms with Crippen molar-refractivity contribution < 1.29 is 22.2 Å². The van der Waals surface area contributed by atoms with Crippen molar-refractivity contribution in [1.82, 2.24) is 9.97 Å². The summed E-state index contributed by atoms with van der Waals surface area (Å²) in [6.07, 6.45) is -1.72. The van der Waals surface area contributed by atoms with Gasteiger partial charge in [-0.25, -0.2) is 4.98 Å². The molecule has 0 saturated heterocycles. The molecular formula is C16H11F3N2O2S. The molecule has 2 aromatic heterocycles. The third-order valence-corrected chi connectivity index (χ3v) is 4.46. The SMILES string of the molecule is CS(=O)c1cccc2c(C(=O)c3cccc(C(F)(F)F)n3)c[nH]c12. The van der Waals surface area contributed by atoms with Gasteiger partial charge in [-0.3, -0.25) is 9.00 Å². The van der Waals surface area contributed by atoms with Gasteiger partial charge in [0.2, 0.25) is 5.78 Å². The number of carbonyl (C=O) groups excluding carboxylic acids is 1. The van der Waals surface area contributed by atoms with Crippen molar-refractivity contribution >= 4 is 27.5 Å². The fourth-order valence-electron chi connectivity index (χ4n) is 2.41. The zero-order valence-corrected chi connectivity index (χ0v) is 13.2. The number of ketones is 1. The van der Waals surface area contributed by atoms with Gasteiger partial charge in [-0.15, -0.1) is 0 Å². The number of pyridine rings is 1. The van der Waals surface area contributed by atoms with Crippen LogP contribution in [-0.4, -0.2) is 26.2 Å². The third-order valence-electron chi connectivity index (χ3n) is 3.50. The molecule has 0 aliphatic heterocycles. The molecule has 0 aliphatic rings. The number of carbonyl (C=O) groups is 1. The minimum Gasteiger partial charge on any atom is -0.359 e. The minimum absolute atomic E-state index is 0.184. The molecule has 0 amide bonds. The predicted molar refractivity (Wildman–Crippen MR) is 83.3 cm³/mol. The number of halogens is 3. The molecule has 0 saturated carbocycles. The van der Waals surface area contributed by atoms with E-state index in [4.69, 9.17) is 0 Å². The summed E-state index contributed by atoms with van der Waals surface area (Å²) in [5, 5.41) is 0.493. The van der Waals surface area contributed by atoms with Crippen LogP contribution in [0.3, 0.4) is 0 Å². The van der Waals surface area contributed by atoms with Gasteiger partial charge < -0.3 is 4.98 Å². The average molecular weight is 352 g/mol. The standard InChI is InChI=1S/C16H11F3N2O2S/c1-24(23)12-6-2-4-9-10(8-20-14(9)12)15(22)11-5-3-7-13(21-11)16(17,18)19/h2-8,20H,1H3. The highest BCUT2D eigenvalue weighted by atomic mass is 32.2. The van der Waals surface area contributed by atoms with E-state index in [1.54, 1.807) is 18.2 Å². The van der Waals surface area contributed by atoms with Crippen molar-refractivity contribution in [2.45, 2.75) is 11.1 Å². The Morgan fingerprint density at radius 1 is 1.17 bits per heavy atom. The number of hydrogen-bond donors (Lipinski definition) is 1. The minimum atomic E-state index is -4.62. The predicted octanol–water partition coefficient (Wildman–Crippen LogP) is 3.55. The number of para-hydroxylation sites is 1. The van der Waals surface area contributed by atoms with Crippen molar-refractivity contribution in [3.05, 3.63) is 59.5 Å². The molecule has 24 heavy (non-hydrogen) atoms. The quantitative estimate of drug-likeness (QED) is 0.733. The van der Waals surface area contributed by atoms with E-state index in [2.05, 4.69) is 9.97 Å². The molecule has 3 rings (SSSR count). The zero-order chi connectivity index (χ0) is 17.5. The van der Waals surface area contributed by atoms with E-state index in [1.165, 1.54) is 18.5 Å². The molecular weight excluding hydrogens is 341 g/mol. The van der Waals surface area contributed by atoms with Gasteiger partial charge in [-0.05, 0) is 18.2 Å². The summed E-state index contributed by atoms with van der Waals surface area (Å²) in [6, 6.07) is 8.13. The number of H-pyrrole nitrogens is 1. The van der Waals surface area contributed by atoms with E-state index >= 15 is 0 Å². The average Bonchev–Trinajstić information content (AvgIpc) is 2.97. The molecule has 1 aromatic carbocycles. The number of benzene rings is 1. The molecule has 0 spiro atoms. The molecule has 0 aliphatic carbocycles. The topological polar surface area (TPSA) is 62.8 Å². The van der Waals surface area contributed by atoms with E-state index in [0.29, 0.717) is 15.8 Å². The lowest BCUT2D eigenvalue weighted by atomic mass is 10.1. The first kappa shape index (κ1) is 16.4. The van der Waals surface area contributed by atoms with Crippen molar-refractivity contribution in [1.29, 1.82) is 0 Å². The molecule has 0 fully saturated rings. The lowest BCUT2D eigenvalue weighted by Gasteiger charge is -2.07. The maximum atomic E-state index is 12.8. The Hall–Kier alpha value is -2.48. The Balaban J connectivity index is 2.10. The van der Waals surface area contributed by atoms with Gasteiger partial charge in [0.25, 0.3) is 0 Å². The van der Waals surface area contributed by atoms with Gasteiger partial charge in [0.05, 0.1) is 21.2 Å². The number of rotatable bonds is 3. The van der Waals surface area contributed by atoms with E-state index < -0.39 is 28.5 Å². The number of nitrogens with one attached hydrogen (secondary N) is 1. The number of aromatic amines is 1. The Bertz CT molecular complexity index is 963. The molecule has 3 aromatic rings. The fourth-order valence-corrected chi connectivity index (χ4v) is 3.14. The van der Waals surface area contributed by atoms with Crippen LogP contribution in [0, 0.1) is 0 Å². The smallest absolute Gasteiger partial charge is 0.359 e. The first-order chi connectivity index (χ1) is 11.3. The Labute approximate surface area is 137 Å². The lowest BCUT2D eigenvalue weighted by molar-refractivity contribution is -0.141. The first-order valence-electron chi connectivity index (χ1n) is 6.81. The second-order valence-corrected chi connectivity index (χ2v) is 6.42. The summed E-state index contributed by atoms with van der Waals surface area (Å²) in [7, 11) is -1.27. The van der Waals surface area contributed by atoms with Gasteiger partial charge in [0.15, 0.2) is 0 Å². The van der Waals surface area contributed by atoms with Crippen LogP contribution in [0.15, 0.2) is 47.5 Å². The van der Waals surface area contributed by atoms with Crippen LogP contribution in [-0.2, 0) is 17.0 Å². The number of fused-ring (bicyclic) bond motifs is 1. The summed E-state index contributed by atoms with van der Waals surface area (Å²) < 4.78 is 50.0. The van der Waals surface area contributed by atoms with Crippen LogP contribution in [0.1, 0.15) is 21.7 Å². The number of alkyl halides is 3. The van der Waals surface area contributed by atoms with E-state index in [0.717, 1.165) is 12.1 Å². The molecule has 2 heterocycles. The molecule has 0 radical (unpaired) electrons. The molecule has 4 nitrogen and oxygen atoms in total. The molecule has 0 bridgehead atoms. The number of nitrogens with zero attached hydrogens (tertiary/aromatic N) is 1. The second-order valence-electron chi connectivity index (χ2n) is 5.07. The third kappa shape index (κ3) is 2.84. The molecule has 8 heteroatoms. The maximum absolute atomic E-state index is 12.8. The Morgan fingerprint density at radius 2 is 1.88 bits per heavy atom. The van der Waals surface area contributed by atoms with Gasteiger partial charge in [-0.2, -0.15) is 13.2 Å². The second kappa shape index (κ2) is 5.86. The van der Waals surface area contributed by atoms with Crippen molar-refractivity contribution in [3.8, 4) is 0 Å². The van der Waals surface area contributed by atoms with Gasteiger partial charge in [0.1, 0.15) is 11.4 Å². The first-order valence-corrected chi connectivity index (χ1v) is 8.37. The van der Waals surface area contributed by atoms with Crippen LogP contribution in [0.4, 0.5) is 13.2 Å². The number of hydrogen-bond acceptors (Lipinski definition) is 3. The van der Waals surface area contributed by atoms with Crippen LogP contribution < -0.4 is 0 Å². The summed E-state index contributed by atoms with van der Waals surface area (Å²) in [4.78, 5) is 19.4. The fraction of sp³-hybridized carbons (Fsp3) is 0.125. The summed E-state index contributed by atoms with van der Waals surface area (Å²) in [6.45, 7) is 0. The van der Waals surface area contributed by atoms with Gasteiger partial charge in [-0.1, -0.05) is 18.2 Å². The van der Waals surface area contributed by atoms with E-state index in [1.807, 2.05) is 0 Å². The van der Waals surface area contributed by atoms with E-state index in [9.17, 15) is 22.2 Å². The van der Waals surface area contributed by atoms with Crippen LogP contribution in [0.2, 0.25) is 0 Å². The maximum Gasteiger partial charge on any atom is 0.433 e. The van der Waals surface area contributed by atoms with Crippen LogP contribution in [0.5, 0.6) is 0 Å². The van der Waals surface area contributed by atoms with Crippen molar-refractivity contribution in [3.63, 3.8) is 0 Å². The van der Waals surface area contributed by atoms with Crippen molar-refractivity contribution in [2.75, 3.05) is 6.26 Å². The van der Waals surface area contributed by atoms with Crippen LogP contribution in [0.25, 0.3) is 10.9 Å². The highest BCUT2D eigenvalue weighted by Crippen LogP contribution is 2.29. The number of aromatic nitrogens is 2. The molecule has 1 unspecified atom stereocenters. The lowest BCUT2D eigenvalue weighted by Crippen LogP contribution is -2.12. The Morgan fingerprint density at radius 3 is 2.54 bits per heavy atom. The normalized spacial score (nSPS) is 13.2. The molecule has 1 atom stereocenters. The summed E-state index contributed by atoms with van der Waals surface area (Å²) in [5.74, 6) is -0.633. The van der Waals surface area contributed by atoms with Gasteiger partial charge >= 0.3 is 6.18 Å². The molecule has 124 valence electrons. The largest absolute Gasteiger partial charge is 0.433 e. The van der Waals surface area contributed by atoms with Gasteiger partial charge in [0, 0.05) is 23.4 Å². The molecule has 1 N–H and O–H groups in total. The van der Waals surface area contributed by atoms with E-state index in [-0.39, 0.29) is 11.3 Å².